The van der Waals surface area contributed by atoms with Crippen LogP contribution >= 0.6 is 0 Å². The monoisotopic (exact) mass is 586 g/mol. The first-order chi connectivity index (χ1) is 20.2. The van der Waals surface area contributed by atoms with Crippen molar-refractivity contribution in [1.29, 1.82) is 0 Å². The fourth-order valence-corrected chi connectivity index (χ4v) is 3.14. The number of nitrogens with one attached hydrogen (secondary N) is 4. The molecule has 0 radical (unpaired) electrons. The maximum Gasteiger partial charge on any atom is 0.321 e. The summed E-state index contributed by atoms with van der Waals surface area (Å²) in [5, 5.41) is 5.14. The van der Waals surface area contributed by atoms with Crippen molar-refractivity contribution in [3.8, 4) is 0 Å². The molecule has 228 valence electrons. The lowest BCUT2D eigenvalue weighted by atomic mass is 10.2. The van der Waals surface area contributed by atoms with Crippen LogP contribution in [0.25, 0.3) is 0 Å². The van der Waals surface area contributed by atoms with Gasteiger partial charge in [-0.1, -0.05) is 25.7 Å². The van der Waals surface area contributed by atoms with Gasteiger partial charge in [-0.15, -0.1) is 0 Å². The van der Waals surface area contributed by atoms with E-state index in [1.54, 1.807) is 13.8 Å². The number of carbonyl (C=O) groups is 1. The van der Waals surface area contributed by atoms with Crippen LogP contribution in [-0.4, -0.2) is 70.4 Å². The van der Waals surface area contributed by atoms with Gasteiger partial charge in [0.05, 0.1) is 19.6 Å². The molecule has 16 heteroatoms. The van der Waals surface area contributed by atoms with Crippen molar-refractivity contribution in [1.82, 2.24) is 25.3 Å². The number of anilines is 2. The lowest BCUT2D eigenvalue weighted by molar-refractivity contribution is 0.251. The predicted molar refractivity (Wildman–Crippen MR) is 157 cm³/mol. The van der Waals surface area contributed by atoms with Gasteiger partial charge >= 0.3 is 6.03 Å². The number of aromatic nitrogens is 4. The Balaban J connectivity index is 0.000000672. The van der Waals surface area contributed by atoms with E-state index in [2.05, 4.69) is 45.5 Å². The molecule has 0 aromatic carbocycles. The maximum absolute atomic E-state index is 11.6. The molecule has 2 aromatic heterocycles. The second-order valence-corrected chi connectivity index (χ2v) is 8.64. The number of aliphatic imine (C=N–C) groups is 3. The molecule has 0 aliphatic heterocycles. The number of nitrogen functional groups attached to an aromatic ring is 1. The average Bonchev–Trinajstić information content (AvgIpc) is 2.91. The van der Waals surface area contributed by atoms with Crippen LogP contribution < -0.4 is 27.5 Å². The molecule has 16 nitrogen and oxygen atoms in total. The molecule has 2 amide bonds. The number of isocyanates is 3. The molecular formula is C26H38N10O6. The number of aromatic amines is 2. The van der Waals surface area contributed by atoms with Crippen molar-refractivity contribution in [2.24, 2.45) is 15.0 Å². The average molecular weight is 587 g/mol. The van der Waals surface area contributed by atoms with Gasteiger partial charge in [0.2, 0.25) is 30.1 Å². The molecule has 6 N–H and O–H groups in total. The molecule has 0 saturated carbocycles. The molecule has 0 aliphatic carbocycles. The minimum absolute atomic E-state index is 0.129. The molecule has 2 aromatic rings. The highest BCUT2D eigenvalue weighted by Crippen LogP contribution is 2.00. The van der Waals surface area contributed by atoms with Crippen LogP contribution in [0.5, 0.6) is 0 Å². The predicted octanol–water partition coefficient (Wildman–Crippen LogP) is 1.97. The van der Waals surface area contributed by atoms with Crippen LogP contribution in [0.15, 0.2) is 36.7 Å². The summed E-state index contributed by atoms with van der Waals surface area (Å²) < 4.78 is 0. The minimum atomic E-state index is -0.408. The molecule has 0 fully saturated rings. The van der Waals surface area contributed by atoms with Gasteiger partial charge < -0.3 is 11.1 Å². The van der Waals surface area contributed by atoms with E-state index in [1.807, 2.05) is 0 Å². The first-order valence-corrected chi connectivity index (χ1v) is 13.3. The van der Waals surface area contributed by atoms with Crippen molar-refractivity contribution >= 4 is 36.2 Å². The van der Waals surface area contributed by atoms with Gasteiger partial charge in [0.15, 0.2) is 0 Å². The molecule has 42 heavy (non-hydrogen) atoms. The summed E-state index contributed by atoms with van der Waals surface area (Å²) in [6.07, 6.45) is 11.9. The third-order valence-electron chi connectivity index (χ3n) is 4.96. The molecule has 0 atom stereocenters. The van der Waals surface area contributed by atoms with Crippen molar-refractivity contribution in [2.45, 2.75) is 65.2 Å². The number of hydrogen-bond acceptors (Lipinski definition) is 12. The highest BCUT2D eigenvalue weighted by molar-refractivity contribution is 5.87. The van der Waals surface area contributed by atoms with E-state index < -0.39 is 6.03 Å². The van der Waals surface area contributed by atoms with Crippen LogP contribution in [0.1, 0.15) is 62.8 Å². The Hall–Kier alpha value is -5.03. The van der Waals surface area contributed by atoms with Crippen LogP contribution in [-0.2, 0) is 14.4 Å². The standard InChI is InChI=1S/C13H19N5O3.C8H12N2O2.C5H7N3O/c1-10-8-11(20)17-12(16-10)18-13(21)15-7-5-3-2-4-6-14-9-19;11-7-9-5-3-1-2-4-6-10-8-12;1-3-2-4(9)8-5(6)7-3/h8H,2-7H2,1H3,(H3,15,16,17,18,20,21);1-6H2;2H,1H3,(H3,6,7,8,9). The van der Waals surface area contributed by atoms with Crippen LogP contribution in [0.3, 0.4) is 0 Å². The molecule has 0 unspecified atom stereocenters. The summed E-state index contributed by atoms with van der Waals surface area (Å²) in [7, 11) is 0. The number of unbranched alkanes of at least 4 members (excludes halogenated alkanes) is 6. The largest absolute Gasteiger partial charge is 0.369 e. The third kappa shape index (κ3) is 22.9. The number of hydrogen-bond donors (Lipinski definition) is 5. The Kier molecular flexibility index (Phi) is 22.0. The second-order valence-electron chi connectivity index (χ2n) is 8.64. The number of urea groups is 1. The van der Waals surface area contributed by atoms with Crippen molar-refractivity contribution in [3.05, 3.63) is 44.2 Å². The molecular weight excluding hydrogens is 548 g/mol. The van der Waals surface area contributed by atoms with Crippen molar-refractivity contribution in [2.75, 3.05) is 37.2 Å². The van der Waals surface area contributed by atoms with Crippen LogP contribution in [0.4, 0.5) is 16.7 Å². The Labute approximate surface area is 242 Å². The number of nitrogens with zero attached hydrogens (tertiary/aromatic N) is 5. The highest BCUT2D eigenvalue weighted by atomic mass is 16.2. The summed E-state index contributed by atoms with van der Waals surface area (Å²) in [6.45, 7) is 5.53. The smallest absolute Gasteiger partial charge is 0.321 e. The van der Waals surface area contributed by atoms with Gasteiger partial charge in [0.25, 0.3) is 11.1 Å². The van der Waals surface area contributed by atoms with Gasteiger partial charge in [0.1, 0.15) is 0 Å². The molecule has 2 heterocycles. The lowest BCUT2D eigenvalue weighted by Crippen LogP contribution is -2.31. The quantitative estimate of drug-likeness (QED) is 0.116. The molecule has 0 aliphatic rings. The SMILES string of the molecule is Cc1cc(=O)[nH]c(N)n1.Cc1cc(=O)[nH]c(NC(=O)NCCCCCCN=C=O)n1.O=C=NCCCCCCN=C=O. The summed E-state index contributed by atoms with van der Waals surface area (Å²) >= 11 is 0. The lowest BCUT2D eigenvalue weighted by Gasteiger charge is -2.06. The van der Waals surface area contributed by atoms with Gasteiger partial charge in [-0.05, 0) is 39.5 Å². The minimum Gasteiger partial charge on any atom is -0.369 e. The Morgan fingerprint density at radius 3 is 1.64 bits per heavy atom. The van der Waals surface area contributed by atoms with E-state index >= 15 is 0 Å². The van der Waals surface area contributed by atoms with E-state index in [-0.39, 0.29) is 23.0 Å². The van der Waals surface area contributed by atoms with E-state index in [1.165, 1.54) is 30.4 Å². The number of carbonyl (C=O) groups excluding carboxylic acids is 4. The van der Waals surface area contributed by atoms with Gasteiger partial charge in [-0.3, -0.25) is 24.9 Å². The first-order valence-electron chi connectivity index (χ1n) is 13.3. The molecule has 0 bridgehead atoms. The normalized spacial score (nSPS) is 9.29. The van der Waals surface area contributed by atoms with E-state index in [9.17, 15) is 28.8 Å². The summed E-state index contributed by atoms with van der Waals surface area (Å²) in [5.41, 5.74) is 5.84. The van der Waals surface area contributed by atoms with E-state index in [0.29, 0.717) is 37.6 Å². The number of rotatable bonds is 15. The topological polar surface area (TPSA) is 247 Å². The zero-order chi connectivity index (χ0) is 31.4. The molecule has 0 saturated heterocycles. The van der Waals surface area contributed by atoms with Gasteiger partial charge in [0, 0.05) is 30.1 Å². The summed E-state index contributed by atoms with van der Waals surface area (Å²) in [4.78, 5) is 85.2. The number of H-pyrrole nitrogens is 2. The first kappa shape index (κ1) is 37.0. The van der Waals surface area contributed by atoms with Crippen LogP contribution in [0.2, 0.25) is 0 Å². The summed E-state index contributed by atoms with van der Waals surface area (Å²) in [5.74, 6) is 0.296. The summed E-state index contributed by atoms with van der Waals surface area (Å²) in [6, 6.07) is 2.32. The Morgan fingerprint density at radius 2 is 1.21 bits per heavy atom. The van der Waals surface area contributed by atoms with Crippen molar-refractivity contribution < 1.29 is 19.2 Å². The Bertz CT molecular complexity index is 1280. The highest BCUT2D eigenvalue weighted by Gasteiger charge is 2.03. The fraction of sp³-hybridized carbons (Fsp3) is 0.538. The molecule has 2 rings (SSSR count). The molecule has 0 spiro atoms. The van der Waals surface area contributed by atoms with E-state index in [4.69, 9.17) is 5.73 Å². The van der Waals surface area contributed by atoms with Crippen molar-refractivity contribution in [3.63, 3.8) is 0 Å². The third-order valence-corrected chi connectivity index (χ3v) is 4.96. The zero-order valence-corrected chi connectivity index (χ0v) is 23.9. The van der Waals surface area contributed by atoms with Gasteiger partial charge in [-0.2, -0.15) is 0 Å². The maximum atomic E-state index is 11.6. The number of aryl methyl sites for hydroxylation is 2. The van der Waals surface area contributed by atoms with E-state index in [0.717, 1.165) is 51.4 Å². The number of nitrogens with two attached hydrogens (primary N) is 1. The second kappa shape index (κ2) is 25.0. The number of amides is 2. The van der Waals surface area contributed by atoms with Gasteiger partial charge in [-0.25, -0.2) is 44.1 Å². The Morgan fingerprint density at radius 1 is 0.762 bits per heavy atom. The van der Waals surface area contributed by atoms with Crippen LogP contribution in [0, 0.1) is 13.8 Å². The fourth-order valence-electron chi connectivity index (χ4n) is 3.14. The zero-order valence-electron chi connectivity index (χ0n) is 23.9.